The highest BCUT2D eigenvalue weighted by molar-refractivity contribution is 5.81. The maximum atomic E-state index is 10.8. The van der Waals surface area contributed by atoms with Crippen LogP contribution in [0.15, 0.2) is 36.9 Å². The van der Waals surface area contributed by atoms with Crippen molar-refractivity contribution in [1.29, 1.82) is 0 Å². The van der Waals surface area contributed by atoms with Gasteiger partial charge in [0.2, 0.25) is 0 Å². The minimum absolute atomic E-state index is 0. The van der Waals surface area contributed by atoms with Gasteiger partial charge in [-0.15, -0.1) is 0 Å². The van der Waals surface area contributed by atoms with Gasteiger partial charge in [-0.3, -0.25) is 0 Å². The van der Waals surface area contributed by atoms with E-state index in [0.29, 0.717) is 11.7 Å². The quantitative estimate of drug-likeness (QED) is 0.617. The van der Waals surface area contributed by atoms with Crippen LogP contribution in [0.2, 0.25) is 0 Å². The Hall–Kier alpha value is -1.81. The third-order valence-electron chi connectivity index (χ3n) is 2.57. The van der Waals surface area contributed by atoms with E-state index in [0.717, 1.165) is 6.08 Å². The lowest BCUT2D eigenvalue weighted by atomic mass is 10.0. The summed E-state index contributed by atoms with van der Waals surface area (Å²) in [5, 5.41) is 9.56. The molecule has 4 nitrogen and oxygen atoms in total. The second kappa shape index (κ2) is 10.9. The number of esters is 1. The summed E-state index contributed by atoms with van der Waals surface area (Å²) in [6, 6.07) is 7.70. The Balaban J connectivity index is 0. The smallest absolute Gasteiger partial charge is 0.330 e. The Morgan fingerprint density at radius 2 is 1.81 bits per heavy atom. The van der Waals surface area contributed by atoms with Gasteiger partial charge in [-0.05, 0) is 23.6 Å². The monoisotopic (exact) mass is 296 g/mol. The van der Waals surface area contributed by atoms with E-state index in [9.17, 15) is 9.90 Å². The second-order valence-corrected chi connectivity index (χ2v) is 4.52. The van der Waals surface area contributed by atoms with Crippen LogP contribution in [-0.2, 0) is 9.53 Å². The number of benzene rings is 1. The van der Waals surface area contributed by atoms with Gasteiger partial charge in [0.15, 0.2) is 0 Å². The van der Waals surface area contributed by atoms with Crippen molar-refractivity contribution in [3.05, 3.63) is 42.5 Å². The lowest BCUT2D eigenvalue weighted by Gasteiger charge is -2.13. The van der Waals surface area contributed by atoms with Crippen LogP contribution < -0.4 is 4.74 Å². The summed E-state index contributed by atoms with van der Waals surface area (Å²) in [5.41, 5.74) is 1.23. The molecule has 1 N–H and O–H groups in total. The first kappa shape index (κ1) is 21.5. The van der Waals surface area contributed by atoms with Gasteiger partial charge in [0.25, 0.3) is 0 Å². The summed E-state index contributed by atoms with van der Waals surface area (Å²) in [7, 11) is 0. The highest BCUT2D eigenvalue weighted by atomic mass is 16.5. The number of carbonyl (C=O) groups is 1. The van der Waals surface area contributed by atoms with Crippen molar-refractivity contribution in [1.82, 2.24) is 0 Å². The molecule has 0 amide bonds. The maximum Gasteiger partial charge on any atom is 0.330 e. The van der Waals surface area contributed by atoms with Gasteiger partial charge in [-0.1, -0.05) is 47.4 Å². The van der Waals surface area contributed by atoms with E-state index in [1.165, 1.54) is 5.56 Å². The first-order valence-electron chi connectivity index (χ1n) is 6.23. The van der Waals surface area contributed by atoms with Crippen molar-refractivity contribution < 1.29 is 19.4 Å². The number of carbonyl (C=O) groups excluding carboxylic acids is 1. The van der Waals surface area contributed by atoms with Crippen LogP contribution in [-0.4, -0.2) is 30.4 Å². The summed E-state index contributed by atoms with van der Waals surface area (Å²) in [4.78, 5) is 10.8. The lowest BCUT2D eigenvalue weighted by Crippen LogP contribution is -2.24. The zero-order valence-electron chi connectivity index (χ0n) is 11.3. The predicted octanol–water partition coefficient (Wildman–Crippen LogP) is 3.55. The number of aliphatic hydroxyl groups excluding tert-OH is 1. The van der Waals surface area contributed by atoms with Crippen molar-refractivity contribution >= 4 is 5.97 Å². The molecular formula is C17H28O4. The molecule has 0 heterocycles. The van der Waals surface area contributed by atoms with Crippen LogP contribution in [0.25, 0.3) is 0 Å². The molecule has 1 atom stereocenters. The molecule has 0 saturated heterocycles. The predicted molar refractivity (Wildman–Crippen MR) is 86.7 cm³/mol. The number of hydrogen-bond acceptors (Lipinski definition) is 4. The molecule has 4 heteroatoms. The van der Waals surface area contributed by atoms with Crippen LogP contribution in [0.5, 0.6) is 5.75 Å². The zero-order valence-corrected chi connectivity index (χ0v) is 11.3. The normalized spacial score (nSPS) is 10.9. The van der Waals surface area contributed by atoms with Crippen LogP contribution in [0.4, 0.5) is 0 Å². The lowest BCUT2D eigenvalue weighted by molar-refractivity contribution is -0.141. The molecule has 1 rings (SSSR count). The van der Waals surface area contributed by atoms with E-state index < -0.39 is 12.1 Å². The Labute approximate surface area is 128 Å². The third kappa shape index (κ3) is 8.15. The zero-order chi connectivity index (χ0) is 14.3. The van der Waals surface area contributed by atoms with Crippen molar-refractivity contribution in [3.8, 4) is 5.75 Å². The summed E-state index contributed by atoms with van der Waals surface area (Å²) in [6.07, 6.45) is 0.201. The number of ether oxygens (including phenoxy) is 2. The average Bonchev–Trinajstić information content (AvgIpc) is 2.42. The number of hydrogen-bond donors (Lipinski definition) is 1. The first-order chi connectivity index (χ1) is 9.02. The van der Waals surface area contributed by atoms with Gasteiger partial charge in [-0.25, -0.2) is 4.79 Å². The molecular weight excluding hydrogens is 268 g/mol. The van der Waals surface area contributed by atoms with E-state index in [4.69, 9.17) is 9.47 Å². The fraction of sp³-hybridized carbons (Fsp3) is 0.471. The maximum absolute atomic E-state index is 10.8. The molecule has 0 bridgehead atoms. The summed E-state index contributed by atoms with van der Waals surface area (Å²) in [6.45, 7) is 7.48. The summed E-state index contributed by atoms with van der Waals surface area (Å²) < 4.78 is 10.1. The summed E-state index contributed by atoms with van der Waals surface area (Å²) >= 11 is 0. The van der Waals surface area contributed by atoms with E-state index in [2.05, 4.69) is 20.4 Å². The largest absolute Gasteiger partial charge is 0.491 e. The van der Waals surface area contributed by atoms with Crippen LogP contribution in [0.3, 0.4) is 0 Å². The fourth-order valence-corrected chi connectivity index (χ4v) is 1.43. The van der Waals surface area contributed by atoms with Gasteiger partial charge in [0, 0.05) is 6.08 Å². The molecule has 0 aromatic heterocycles. The van der Waals surface area contributed by atoms with Crippen LogP contribution >= 0.6 is 0 Å². The third-order valence-corrected chi connectivity index (χ3v) is 2.57. The molecule has 0 fully saturated rings. The summed E-state index contributed by atoms with van der Waals surface area (Å²) in [5.74, 6) is 0.594. The topological polar surface area (TPSA) is 55.8 Å². The van der Waals surface area contributed by atoms with Crippen molar-refractivity contribution in [2.24, 2.45) is 0 Å². The highest BCUT2D eigenvalue weighted by Gasteiger charge is 2.08. The van der Waals surface area contributed by atoms with E-state index >= 15 is 0 Å². The molecule has 0 radical (unpaired) electrons. The molecule has 0 aliphatic rings. The van der Waals surface area contributed by atoms with E-state index in [1.807, 2.05) is 24.3 Å². The standard InChI is InChI=1S/C15H20O4.2CH4/c1-4-15(17)19-10-13(16)9-18-14-7-5-12(6-8-14)11(2)3;;/h4-8,11,13,16H,1,9-10H2,2-3H3;2*1H4. The van der Waals surface area contributed by atoms with Crippen molar-refractivity contribution in [3.63, 3.8) is 0 Å². The number of rotatable bonds is 7. The Kier molecular flexibility index (Phi) is 11.2. The SMILES string of the molecule is C.C.C=CC(=O)OCC(O)COc1ccc(C(C)C)cc1. The van der Waals surface area contributed by atoms with Crippen molar-refractivity contribution in [2.75, 3.05) is 13.2 Å². The van der Waals surface area contributed by atoms with E-state index in [-0.39, 0.29) is 28.1 Å². The Bertz CT molecular complexity index is 409. The molecule has 1 aromatic carbocycles. The van der Waals surface area contributed by atoms with Crippen molar-refractivity contribution in [2.45, 2.75) is 40.7 Å². The van der Waals surface area contributed by atoms with Gasteiger partial charge in [-0.2, -0.15) is 0 Å². The second-order valence-electron chi connectivity index (χ2n) is 4.52. The Morgan fingerprint density at radius 1 is 1.24 bits per heavy atom. The van der Waals surface area contributed by atoms with Gasteiger partial charge in [0.1, 0.15) is 25.1 Å². The van der Waals surface area contributed by atoms with Crippen LogP contribution in [0.1, 0.15) is 40.2 Å². The first-order valence-corrected chi connectivity index (χ1v) is 6.23. The minimum Gasteiger partial charge on any atom is -0.491 e. The minimum atomic E-state index is -0.853. The molecule has 1 unspecified atom stereocenters. The molecule has 0 saturated carbocycles. The molecule has 0 spiro atoms. The van der Waals surface area contributed by atoms with E-state index in [1.54, 1.807) is 0 Å². The fourth-order valence-electron chi connectivity index (χ4n) is 1.43. The average molecular weight is 296 g/mol. The van der Waals surface area contributed by atoms with Gasteiger partial charge >= 0.3 is 5.97 Å². The highest BCUT2D eigenvalue weighted by Crippen LogP contribution is 2.18. The number of aliphatic hydroxyl groups is 1. The van der Waals surface area contributed by atoms with Gasteiger partial charge in [0.05, 0.1) is 0 Å². The molecule has 21 heavy (non-hydrogen) atoms. The Morgan fingerprint density at radius 3 is 2.29 bits per heavy atom. The molecule has 1 aromatic rings. The van der Waals surface area contributed by atoms with Crippen LogP contribution in [0, 0.1) is 0 Å². The molecule has 0 aliphatic carbocycles. The molecule has 120 valence electrons. The van der Waals surface area contributed by atoms with Gasteiger partial charge < -0.3 is 14.6 Å². The molecule has 0 aliphatic heterocycles.